The van der Waals surface area contributed by atoms with E-state index in [1.54, 1.807) is 36.5 Å². The molecule has 3 rings (SSSR count). The van der Waals surface area contributed by atoms with Gasteiger partial charge in [-0.15, -0.1) is 0 Å². The molecule has 0 spiro atoms. The molecule has 0 saturated heterocycles. The van der Waals surface area contributed by atoms with Gasteiger partial charge in [-0.05, 0) is 29.8 Å². The number of rotatable bonds is 6. The Morgan fingerprint density at radius 1 is 1.00 bits per heavy atom. The van der Waals surface area contributed by atoms with E-state index in [1.807, 2.05) is 24.3 Å². The van der Waals surface area contributed by atoms with E-state index in [2.05, 4.69) is 15.6 Å². The van der Waals surface area contributed by atoms with Crippen LogP contribution in [-0.4, -0.2) is 10.9 Å². The summed E-state index contributed by atoms with van der Waals surface area (Å²) in [6.45, 7) is 0.614. The van der Waals surface area contributed by atoms with E-state index in [9.17, 15) is 9.18 Å². The summed E-state index contributed by atoms with van der Waals surface area (Å²) in [6.07, 6.45) is 1.55. The smallest absolute Gasteiger partial charge is 0.251 e. The molecule has 4 nitrogen and oxygen atoms in total. The van der Waals surface area contributed by atoms with Crippen molar-refractivity contribution in [2.45, 2.75) is 13.1 Å². The molecule has 0 radical (unpaired) electrons. The van der Waals surface area contributed by atoms with Crippen LogP contribution < -0.4 is 10.6 Å². The summed E-state index contributed by atoms with van der Waals surface area (Å²) >= 11 is 6.13. The maximum absolute atomic E-state index is 13.6. The molecule has 0 saturated carbocycles. The summed E-state index contributed by atoms with van der Waals surface area (Å²) in [5.41, 5.74) is 1.82. The Morgan fingerprint density at radius 3 is 2.50 bits per heavy atom. The Bertz CT molecular complexity index is 917. The van der Waals surface area contributed by atoms with Crippen molar-refractivity contribution in [3.63, 3.8) is 0 Å². The van der Waals surface area contributed by atoms with Crippen molar-refractivity contribution in [3.05, 3.63) is 94.4 Å². The minimum Gasteiger partial charge on any atom is -0.366 e. The maximum Gasteiger partial charge on any atom is 0.251 e. The van der Waals surface area contributed by atoms with Crippen molar-refractivity contribution < 1.29 is 9.18 Å². The molecular formula is C20H17ClFN3O. The highest BCUT2D eigenvalue weighted by molar-refractivity contribution is 6.31. The van der Waals surface area contributed by atoms with Gasteiger partial charge in [0, 0.05) is 35.4 Å². The molecule has 26 heavy (non-hydrogen) atoms. The van der Waals surface area contributed by atoms with Crippen LogP contribution >= 0.6 is 11.6 Å². The van der Waals surface area contributed by atoms with Gasteiger partial charge in [0.25, 0.3) is 5.91 Å². The third kappa shape index (κ3) is 4.58. The molecule has 0 aliphatic carbocycles. The summed E-state index contributed by atoms with van der Waals surface area (Å²) < 4.78 is 13.6. The van der Waals surface area contributed by atoms with Crippen LogP contribution in [-0.2, 0) is 13.1 Å². The summed E-state index contributed by atoms with van der Waals surface area (Å²) in [6, 6.07) is 17.1. The number of anilines is 1. The third-order valence-electron chi connectivity index (χ3n) is 3.84. The molecular weight excluding hydrogens is 353 g/mol. The molecule has 1 aromatic heterocycles. The van der Waals surface area contributed by atoms with Gasteiger partial charge in [0.1, 0.15) is 11.6 Å². The number of halogens is 2. The molecule has 0 aliphatic rings. The van der Waals surface area contributed by atoms with E-state index in [1.165, 1.54) is 6.07 Å². The first-order valence-electron chi connectivity index (χ1n) is 8.08. The van der Waals surface area contributed by atoms with E-state index in [0.29, 0.717) is 28.5 Å². The number of pyridine rings is 1. The molecule has 0 bridgehead atoms. The largest absolute Gasteiger partial charge is 0.366 e. The highest BCUT2D eigenvalue weighted by Crippen LogP contribution is 2.16. The zero-order valence-corrected chi connectivity index (χ0v) is 14.6. The lowest BCUT2D eigenvalue weighted by Crippen LogP contribution is -2.23. The molecule has 0 aliphatic heterocycles. The second kappa shape index (κ2) is 8.45. The lowest BCUT2D eigenvalue weighted by Gasteiger charge is -2.09. The van der Waals surface area contributed by atoms with Crippen molar-refractivity contribution in [2.75, 3.05) is 5.32 Å². The van der Waals surface area contributed by atoms with Crippen LogP contribution in [0.5, 0.6) is 0 Å². The average Bonchev–Trinajstić information content (AvgIpc) is 2.67. The fourth-order valence-corrected chi connectivity index (χ4v) is 2.62. The van der Waals surface area contributed by atoms with E-state index in [-0.39, 0.29) is 18.3 Å². The lowest BCUT2D eigenvalue weighted by molar-refractivity contribution is 0.0950. The Hall–Kier alpha value is -2.92. The Labute approximate surface area is 156 Å². The van der Waals surface area contributed by atoms with Gasteiger partial charge in [0.15, 0.2) is 0 Å². The van der Waals surface area contributed by atoms with Crippen molar-refractivity contribution in [2.24, 2.45) is 0 Å². The minimum absolute atomic E-state index is 0.121. The predicted molar refractivity (Wildman–Crippen MR) is 101 cm³/mol. The summed E-state index contributed by atoms with van der Waals surface area (Å²) in [4.78, 5) is 16.5. The third-order valence-corrected chi connectivity index (χ3v) is 4.21. The van der Waals surface area contributed by atoms with Crippen LogP contribution in [0.2, 0.25) is 5.02 Å². The van der Waals surface area contributed by atoms with Gasteiger partial charge in [-0.2, -0.15) is 0 Å². The number of hydrogen-bond acceptors (Lipinski definition) is 3. The quantitative estimate of drug-likeness (QED) is 0.676. The van der Waals surface area contributed by atoms with Crippen molar-refractivity contribution in [3.8, 4) is 0 Å². The van der Waals surface area contributed by atoms with Crippen molar-refractivity contribution in [1.29, 1.82) is 0 Å². The fourth-order valence-electron chi connectivity index (χ4n) is 2.42. The summed E-state index contributed by atoms with van der Waals surface area (Å²) in [5, 5.41) is 6.52. The van der Waals surface area contributed by atoms with Gasteiger partial charge in [0.2, 0.25) is 0 Å². The summed E-state index contributed by atoms with van der Waals surface area (Å²) in [7, 11) is 0. The van der Waals surface area contributed by atoms with Crippen LogP contribution in [0.1, 0.15) is 21.5 Å². The van der Waals surface area contributed by atoms with Gasteiger partial charge >= 0.3 is 0 Å². The highest BCUT2D eigenvalue weighted by atomic mass is 35.5. The number of carbonyl (C=O) groups is 1. The molecule has 1 amide bonds. The molecule has 0 atom stereocenters. The topological polar surface area (TPSA) is 54.0 Å². The molecule has 6 heteroatoms. The average molecular weight is 370 g/mol. The Balaban J connectivity index is 1.62. The first kappa shape index (κ1) is 17.9. The number of amides is 1. The maximum atomic E-state index is 13.6. The number of nitrogens with one attached hydrogen (secondary N) is 2. The molecule has 1 heterocycles. The van der Waals surface area contributed by atoms with Gasteiger partial charge in [-0.3, -0.25) is 4.79 Å². The van der Waals surface area contributed by atoms with Crippen LogP contribution in [0.15, 0.2) is 66.9 Å². The predicted octanol–water partition coefficient (Wildman–Crippen LogP) is 4.42. The van der Waals surface area contributed by atoms with Crippen LogP contribution in [0, 0.1) is 5.82 Å². The monoisotopic (exact) mass is 369 g/mol. The van der Waals surface area contributed by atoms with Crippen LogP contribution in [0.25, 0.3) is 0 Å². The Kier molecular flexibility index (Phi) is 5.81. The normalized spacial score (nSPS) is 10.4. The molecule has 0 fully saturated rings. The van der Waals surface area contributed by atoms with Gasteiger partial charge in [0.05, 0.1) is 0 Å². The molecule has 3 aromatic rings. The van der Waals surface area contributed by atoms with E-state index in [4.69, 9.17) is 11.6 Å². The molecule has 132 valence electrons. The van der Waals surface area contributed by atoms with Gasteiger partial charge in [-0.25, -0.2) is 9.37 Å². The lowest BCUT2D eigenvalue weighted by atomic mass is 10.2. The van der Waals surface area contributed by atoms with Gasteiger partial charge < -0.3 is 10.6 Å². The molecule has 2 aromatic carbocycles. The number of hydrogen-bond donors (Lipinski definition) is 2. The second-order valence-electron chi connectivity index (χ2n) is 5.65. The van der Waals surface area contributed by atoms with Gasteiger partial charge in [-0.1, -0.05) is 48.0 Å². The van der Waals surface area contributed by atoms with E-state index >= 15 is 0 Å². The fraction of sp³-hybridized carbons (Fsp3) is 0.100. The second-order valence-corrected chi connectivity index (χ2v) is 6.06. The van der Waals surface area contributed by atoms with Crippen molar-refractivity contribution in [1.82, 2.24) is 10.3 Å². The minimum atomic E-state index is -0.343. The first-order chi connectivity index (χ1) is 12.6. The molecule has 0 unspecified atom stereocenters. The zero-order chi connectivity index (χ0) is 18.4. The van der Waals surface area contributed by atoms with Crippen molar-refractivity contribution >= 4 is 23.3 Å². The molecule has 2 N–H and O–H groups in total. The standard InChI is InChI=1S/C20H17ClFN3O/c21-17-7-3-1-5-15(17)12-24-19-11-14(9-10-23-19)20(26)25-13-16-6-2-4-8-18(16)22/h1-11H,12-13H2,(H,23,24)(H,25,26). The van der Waals surface area contributed by atoms with E-state index < -0.39 is 0 Å². The first-order valence-corrected chi connectivity index (χ1v) is 8.46. The van der Waals surface area contributed by atoms with Crippen LogP contribution in [0.3, 0.4) is 0 Å². The number of carbonyl (C=O) groups excluding carboxylic acids is 1. The van der Waals surface area contributed by atoms with E-state index in [0.717, 1.165) is 5.56 Å². The number of nitrogens with zero attached hydrogens (tertiary/aromatic N) is 1. The summed E-state index contributed by atoms with van der Waals surface area (Å²) in [5.74, 6) is -0.0791. The highest BCUT2D eigenvalue weighted by Gasteiger charge is 2.09. The van der Waals surface area contributed by atoms with Crippen LogP contribution in [0.4, 0.5) is 10.2 Å². The number of aromatic nitrogens is 1. The SMILES string of the molecule is O=C(NCc1ccccc1F)c1ccnc(NCc2ccccc2Cl)c1. The number of benzene rings is 2. The zero-order valence-electron chi connectivity index (χ0n) is 13.9. The Morgan fingerprint density at radius 2 is 1.73 bits per heavy atom.